The Morgan fingerprint density at radius 3 is 2.45 bits per heavy atom. The van der Waals surface area contributed by atoms with Gasteiger partial charge in [-0.25, -0.2) is 4.39 Å². The van der Waals surface area contributed by atoms with Gasteiger partial charge in [-0.05, 0) is 24.3 Å². The van der Waals surface area contributed by atoms with E-state index >= 15 is 0 Å². The molecule has 0 saturated carbocycles. The fourth-order valence-corrected chi connectivity index (χ4v) is 6.44. The maximum absolute atomic E-state index is 13.2. The Labute approximate surface area is 192 Å². The third kappa shape index (κ3) is 6.24. The van der Waals surface area contributed by atoms with Crippen molar-refractivity contribution in [1.29, 1.82) is 0 Å². The number of carbonyl (C=O) groups is 1. The quantitative estimate of drug-likeness (QED) is 0.454. The molecule has 176 valence electrons. The number of aromatic nitrogens is 1. The Kier molecular flexibility index (Phi) is 7.20. The molecule has 0 bridgehead atoms. The summed E-state index contributed by atoms with van der Waals surface area (Å²) in [6.07, 6.45) is 3.28. The summed E-state index contributed by atoms with van der Waals surface area (Å²) < 4.78 is 29.9. The number of halogens is 1. The molecule has 9 heteroatoms. The van der Waals surface area contributed by atoms with Crippen molar-refractivity contribution in [2.75, 3.05) is 5.32 Å². The SMILES string of the molecule is CC1CC(C)O[PH](O)(Cc2ccc(NC(=O)CCc3cnoc3-c3ccc(F)cc3)cc2)O1. The number of nitrogens with one attached hydrogen (secondary N) is 1. The Morgan fingerprint density at radius 1 is 1.12 bits per heavy atom. The van der Waals surface area contributed by atoms with Crippen molar-refractivity contribution in [3.63, 3.8) is 0 Å². The van der Waals surface area contributed by atoms with E-state index in [4.69, 9.17) is 13.6 Å². The van der Waals surface area contributed by atoms with Gasteiger partial charge in [0.2, 0.25) is 0 Å². The van der Waals surface area contributed by atoms with Crippen LogP contribution in [-0.2, 0) is 26.4 Å². The molecule has 2 aromatic carbocycles. The van der Waals surface area contributed by atoms with Crippen LogP contribution in [0.1, 0.15) is 37.8 Å². The van der Waals surface area contributed by atoms with E-state index in [2.05, 4.69) is 10.5 Å². The van der Waals surface area contributed by atoms with Gasteiger partial charge in [0.15, 0.2) is 0 Å². The average Bonchev–Trinajstić information content (AvgIpc) is 3.22. The van der Waals surface area contributed by atoms with E-state index in [0.29, 0.717) is 29.6 Å². The minimum absolute atomic E-state index is 0.0296. The van der Waals surface area contributed by atoms with E-state index in [1.807, 2.05) is 26.0 Å². The molecule has 2 unspecified atom stereocenters. The first-order valence-electron chi connectivity index (χ1n) is 11.0. The van der Waals surface area contributed by atoms with Crippen molar-refractivity contribution in [3.8, 4) is 11.3 Å². The number of rotatable bonds is 7. The van der Waals surface area contributed by atoms with Gasteiger partial charge in [-0.3, -0.25) is 0 Å². The molecule has 4 rings (SSSR count). The summed E-state index contributed by atoms with van der Waals surface area (Å²) in [5.41, 5.74) is 3.03. The van der Waals surface area contributed by atoms with E-state index in [-0.39, 0.29) is 30.4 Å². The second-order valence-corrected chi connectivity index (χ2v) is 10.7. The molecular weight excluding hydrogens is 446 g/mol. The zero-order valence-corrected chi connectivity index (χ0v) is 19.6. The average molecular weight is 474 g/mol. The van der Waals surface area contributed by atoms with E-state index in [9.17, 15) is 14.1 Å². The monoisotopic (exact) mass is 474 g/mol. The summed E-state index contributed by atoms with van der Waals surface area (Å²) in [5.74, 6) is 0.0540. The van der Waals surface area contributed by atoms with Crippen LogP contribution in [0.2, 0.25) is 0 Å². The van der Waals surface area contributed by atoms with Crippen LogP contribution in [0.5, 0.6) is 0 Å². The minimum atomic E-state index is -3.26. The first-order chi connectivity index (χ1) is 15.8. The number of hydrogen-bond donors (Lipinski definition) is 2. The van der Waals surface area contributed by atoms with Crippen LogP contribution in [0.3, 0.4) is 0 Å². The number of amides is 1. The summed E-state index contributed by atoms with van der Waals surface area (Å²) in [6.45, 7) is 3.88. The Bertz CT molecular complexity index is 1080. The number of nitrogens with zero attached hydrogens (tertiary/aromatic N) is 1. The third-order valence-corrected chi connectivity index (χ3v) is 7.87. The second kappa shape index (κ2) is 10.1. The van der Waals surface area contributed by atoms with Gasteiger partial charge in [-0.2, -0.15) is 0 Å². The maximum atomic E-state index is 13.2. The van der Waals surface area contributed by atoms with Crippen molar-refractivity contribution in [3.05, 3.63) is 71.7 Å². The Morgan fingerprint density at radius 2 is 1.79 bits per heavy atom. The summed E-state index contributed by atoms with van der Waals surface area (Å²) >= 11 is 0. The number of benzene rings is 2. The summed E-state index contributed by atoms with van der Waals surface area (Å²) in [4.78, 5) is 23.2. The van der Waals surface area contributed by atoms with Gasteiger partial charge < -0.3 is 0 Å². The van der Waals surface area contributed by atoms with Crippen LogP contribution < -0.4 is 5.32 Å². The Hall–Kier alpha value is -2.64. The van der Waals surface area contributed by atoms with Crippen LogP contribution >= 0.6 is 7.94 Å². The first kappa shape index (κ1) is 23.5. The van der Waals surface area contributed by atoms with Crippen molar-refractivity contribution >= 4 is 19.5 Å². The molecule has 1 fully saturated rings. The second-order valence-electron chi connectivity index (χ2n) is 8.41. The molecule has 1 aromatic heterocycles. The predicted molar refractivity (Wildman–Crippen MR) is 125 cm³/mol. The van der Waals surface area contributed by atoms with E-state index in [1.54, 1.807) is 30.5 Å². The molecule has 2 atom stereocenters. The standard InChI is InChI=1S/C24H28FN2O5P/c1-16-13-17(2)32-33(29,31-16)15-18-3-10-22(11-4-18)27-23(28)12-7-20-14-26-30-24(20)19-5-8-21(25)9-6-19/h3-6,8-11,14,16-17,29,33H,7,12-13,15H2,1-2H3,(H,27,28). The number of hydrogen-bond acceptors (Lipinski definition) is 6. The molecular formula is C24H28FN2O5P. The van der Waals surface area contributed by atoms with Gasteiger partial charge in [0.25, 0.3) is 0 Å². The normalized spacial score (nSPS) is 20.8. The summed E-state index contributed by atoms with van der Waals surface area (Å²) in [7, 11) is -3.26. The molecule has 2 heterocycles. The molecule has 0 radical (unpaired) electrons. The van der Waals surface area contributed by atoms with Crippen molar-refractivity contribution < 1.29 is 27.6 Å². The summed E-state index contributed by atoms with van der Waals surface area (Å²) in [5, 5.41) is 6.69. The molecule has 1 amide bonds. The van der Waals surface area contributed by atoms with Crippen LogP contribution in [0.4, 0.5) is 10.1 Å². The molecule has 7 nitrogen and oxygen atoms in total. The fourth-order valence-electron chi connectivity index (χ4n) is 4.02. The van der Waals surface area contributed by atoms with E-state index < -0.39 is 7.94 Å². The number of aryl methyl sites for hydroxylation is 1. The van der Waals surface area contributed by atoms with Gasteiger partial charge in [0.1, 0.15) is 5.82 Å². The van der Waals surface area contributed by atoms with Gasteiger partial charge in [0, 0.05) is 0 Å². The van der Waals surface area contributed by atoms with E-state index in [1.165, 1.54) is 12.1 Å². The fraction of sp³-hybridized carbons (Fsp3) is 0.333. The van der Waals surface area contributed by atoms with Gasteiger partial charge in [-0.15, -0.1) is 0 Å². The third-order valence-electron chi connectivity index (χ3n) is 5.47. The van der Waals surface area contributed by atoms with Crippen LogP contribution in [0.15, 0.2) is 59.3 Å². The Balaban J connectivity index is 1.31. The molecule has 0 spiro atoms. The molecule has 33 heavy (non-hydrogen) atoms. The van der Waals surface area contributed by atoms with Crippen molar-refractivity contribution in [1.82, 2.24) is 5.16 Å². The van der Waals surface area contributed by atoms with Crippen molar-refractivity contribution in [2.24, 2.45) is 0 Å². The molecule has 1 aliphatic rings. The number of carbonyl (C=O) groups excluding carboxylic acids is 1. The molecule has 2 N–H and O–H groups in total. The van der Waals surface area contributed by atoms with Crippen LogP contribution in [0.25, 0.3) is 11.3 Å². The predicted octanol–water partition coefficient (Wildman–Crippen LogP) is 5.25. The molecule has 1 aliphatic heterocycles. The molecule has 1 saturated heterocycles. The van der Waals surface area contributed by atoms with Crippen molar-refractivity contribution in [2.45, 2.75) is 51.5 Å². The molecule has 3 aromatic rings. The van der Waals surface area contributed by atoms with Crippen LogP contribution in [-0.4, -0.2) is 28.2 Å². The van der Waals surface area contributed by atoms with Gasteiger partial charge in [0.05, 0.1) is 0 Å². The molecule has 0 aliphatic carbocycles. The topological polar surface area (TPSA) is 93.8 Å². The summed E-state index contributed by atoms with van der Waals surface area (Å²) in [6, 6.07) is 13.2. The van der Waals surface area contributed by atoms with Gasteiger partial charge >= 0.3 is 158 Å². The van der Waals surface area contributed by atoms with Gasteiger partial charge in [-0.1, -0.05) is 0 Å². The zero-order chi connectivity index (χ0) is 23.4. The number of anilines is 1. The zero-order valence-electron chi connectivity index (χ0n) is 18.6. The van der Waals surface area contributed by atoms with E-state index in [0.717, 1.165) is 17.5 Å². The first-order valence-corrected chi connectivity index (χ1v) is 12.9. The van der Waals surface area contributed by atoms with Crippen LogP contribution in [0, 0.1) is 5.82 Å².